The highest BCUT2D eigenvalue weighted by Gasteiger charge is 2.27. The van der Waals surface area contributed by atoms with E-state index in [2.05, 4.69) is 15.5 Å². The molecule has 1 saturated carbocycles. The molecule has 1 N–H and O–H groups in total. The SMILES string of the molecule is O=C(NC1CCN(C(=O)CSc2nncn2-c2cccc(Cl)c2)CC1)C1CCCCC1. The third-order valence-electron chi connectivity index (χ3n) is 6.10. The molecule has 1 aliphatic heterocycles. The number of hydrogen-bond acceptors (Lipinski definition) is 5. The van der Waals surface area contributed by atoms with E-state index in [1.165, 1.54) is 18.2 Å². The van der Waals surface area contributed by atoms with Crippen molar-refractivity contribution >= 4 is 35.2 Å². The van der Waals surface area contributed by atoms with Crippen LogP contribution < -0.4 is 5.32 Å². The first-order valence-corrected chi connectivity index (χ1v) is 12.3. The Morgan fingerprint density at radius 3 is 2.65 bits per heavy atom. The average molecular weight is 462 g/mol. The zero-order valence-electron chi connectivity index (χ0n) is 17.5. The molecule has 166 valence electrons. The number of aromatic nitrogens is 3. The number of hydrogen-bond donors (Lipinski definition) is 1. The van der Waals surface area contributed by atoms with Crippen LogP contribution in [-0.4, -0.2) is 56.4 Å². The third kappa shape index (κ3) is 5.80. The Labute approximate surface area is 191 Å². The van der Waals surface area contributed by atoms with Gasteiger partial charge in [0.15, 0.2) is 5.16 Å². The smallest absolute Gasteiger partial charge is 0.233 e. The van der Waals surface area contributed by atoms with Crippen LogP contribution in [0.2, 0.25) is 5.02 Å². The predicted molar refractivity (Wildman–Crippen MR) is 121 cm³/mol. The van der Waals surface area contributed by atoms with E-state index in [1.807, 2.05) is 33.7 Å². The summed E-state index contributed by atoms with van der Waals surface area (Å²) in [6.45, 7) is 1.35. The van der Waals surface area contributed by atoms with E-state index in [0.717, 1.165) is 44.2 Å². The molecule has 1 aromatic carbocycles. The number of nitrogens with one attached hydrogen (secondary N) is 1. The van der Waals surface area contributed by atoms with E-state index in [9.17, 15) is 9.59 Å². The van der Waals surface area contributed by atoms with Crippen molar-refractivity contribution in [2.75, 3.05) is 18.8 Å². The van der Waals surface area contributed by atoms with E-state index < -0.39 is 0 Å². The Morgan fingerprint density at radius 1 is 1.13 bits per heavy atom. The molecule has 2 aromatic rings. The van der Waals surface area contributed by atoms with Crippen molar-refractivity contribution < 1.29 is 9.59 Å². The zero-order chi connectivity index (χ0) is 21.6. The molecule has 2 amide bonds. The maximum atomic E-state index is 12.7. The molecule has 2 heterocycles. The molecule has 7 nitrogen and oxygen atoms in total. The summed E-state index contributed by atoms with van der Waals surface area (Å²) >= 11 is 7.45. The molecule has 1 aliphatic carbocycles. The predicted octanol–water partition coefficient (Wildman–Crippen LogP) is 3.70. The van der Waals surface area contributed by atoms with Crippen molar-refractivity contribution in [3.05, 3.63) is 35.6 Å². The van der Waals surface area contributed by atoms with Crippen LogP contribution in [0.15, 0.2) is 35.7 Å². The van der Waals surface area contributed by atoms with Crippen molar-refractivity contribution in [1.82, 2.24) is 25.0 Å². The first-order chi connectivity index (χ1) is 15.1. The Balaban J connectivity index is 1.24. The van der Waals surface area contributed by atoms with Crippen LogP contribution in [-0.2, 0) is 9.59 Å². The average Bonchev–Trinajstić information content (AvgIpc) is 3.27. The second kappa shape index (κ2) is 10.5. The molecule has 2 fully saturated rings. The summed E-state index contributed by atoms with van der Waals surface area (Å²) in [5, 5.41) is 12.6. The standard InChI is InChI=1S/C22H28ClN5O2S/c23-17-7-4-8-19(13-17)28-15-24-26-22(28)31-14-20(29)27-11-9-18(10-12-27)25-21(30)16-5-2-1-3-6-16/h4,7-8,13,15-16,18H,1-3,5-6,9-12,14H2,(H,25,30). The van der Waals surface area contributed by atoms with E-state index in [-0.39, 0.29) is 23.8 Å². The first kappa shape index (κ1) is 22.1. The van der Waals surface area contributed by atoms with Gasteiger partial charge in [-0.1, -0.05) is 48.7 Å². The van der Waals surface area contributed by atoms with Gasteiger partial charge in [0.2, 0.25) is 11.8 Å². The number of halogens is 1. The number of amides is 2. The van der Waals surface area contributed by atoms with Gasteiger partial charge < -0.3 is 10.2 Å². The summed E-state index contributed by atoms with van der Waals surface area (Å²) in [6, 6.07) is 7.62. The van der Waals surface area contributed by atoms with E-state index in [0.29, 0.717) is 29.0 Å². The Bertz CT molecular complexity index is 907. The summed E-state index contributed by atoms with van der Waals surface area (Å²) in [6.07, 6.45) is 8.85. The van der Waals surface area contributed by atoms with Crippen molar-refractivity contribution in [1.29, 1.82) is 0 Å². The maximum Gasteiger partial charge on any atom is 0.233 e. The molecule has 4 rings (SSSR count). The number of nitrogens with zero attached hydrogens (tertiary/aromatic N) is 4. The summed E-state index contributed by atoms with van der Waals surface area (Å²) in [5.74, 6) is 0.781. The molecular formula is C22H28ClN5O2S. The molecule has 0 radical (unpaired) electrons. The fraction of sp³-hybridized carbons (Fsp3) is 0.545. The number of carbonyl (C=O) groups is 2. The summed E-state index contributed by atoms with van der Waals surface area (Å²) in [7, 11) is 0. The lowest BCUT2D eigenvalue weighted by Crippen LogP contribution is -2.48. The van der Waals surface area contributed by atoms with Crippen LogP contribution in [0.5, 0.6) is 0 Å². The van der Waals surface area contributed by atoms with Crippen molar-refractivity contribution in [3.8, 4) is 5.69 Å². The minimum Gasteiger partial charge on any atom is -0.353 e. The van der Waals surface area contributed by atoms with Gasteiger partial charge >= 0.3 is 0 Å². The topological polar surface area (TPSA) is 80.1 Å². The molecule has 0 spiro atoms. The highest BCUT2D eigenvalue weighted by atomic mass is 35.5. The normalized spacial score (nSPS) is 18.2. The van der Waals surface area contributed by atoms with Gasteiger partial charge in [-0.25, -0.2) is 0 Å². The fourth-order valence-electron chi connectivity index (χ4n) is 4.30. The number of piperidine rings is 1. The first-order valence-electron chi connectivity index (χ1n) is 11.0. The van der Waals surface area contributed by atoms with Gasteiger partial charge in [0, 0.05) is 30.1 Å². The number of likely N-dealkylation sites (tertiary alicyclic amines) is 1. The quantitative estimate of drug-likeness (QED) is 0.663. The van der Waals surface area contributed by atoms with Crippen LogP contribution in [0.25, 0.3) is 5.69 Å². The van der Waals surface area contributed by atoms with Crippen LogP contribution >= 0.6 is 23.4 Å². The molecule has 0 atom stereocenters. The van der Waals surface area contributed by atoms with Gasteiger partial charge in [-0.2, -0.15) is 0 Å². The molecule has 0 unspecified atom stereocenters. The monoisotopic (exact) mass is 461 g/mol. The molecule has 31 heavy (non-hydrogen) atoms. The number of thioether (sulfide) groups is 1. The van der Waals surface area contributed by atoms with E-state index >= 15 is 0 Å². The highest BCUT2D eigenvalue weighted by Crippen LogP contribution is 2.25. The van der Waals surface area contributed by atoms with Gasteiger partial charge in [0.25, 0.3) is 0 Å². The Hall–Kier alpha value is -2.06. The second-order valence-corrected chi connectivity index (χ2v) is 9.63. The fourth-order valence-corrected chi connectivity index (χ4v) is 5.32. The molecular weight excluding hydrogens is 434 g/mol. The molecule has 2 aliphatic rings. The molecule has 1 aromatic heterocycles. The number of carbonyl (C=O) groups excluding carboxylic acids is 2. The van der Waals surface area contributed by atoms with Crippen LogP contribution in [0.3, 0.4) is 0 Å². The lowest BCUT2D eigenvalue weighted by atomic mass is 9.88. The van der Waals surface area contributed by atoms with Crippen molar-refractivity contribution in [3.63, 3.8) is 0 Å². The summed E-state index contributed by atoms with van der Waals surface area (Å²) in [5.41, 5.74) is 0.863. The number of rotatable bonds is 6. The van der Waals surface area contributed by atoms with Crippen molar-refractivity contribution in [2.24, 2.45) is 5.92 Å². The molecule has 9 heteroatoms. The number of benzene rings is 1. The molecule has 1 saturated heterocycles. The lowest BCUT2D eigenvalue weighted by molar-refractivity contribution is -0.130. The minimum absolute atomic E-state index is 0.0858. The third-order valence-corrected chi connectivity index (χ3v) is 7.26. The van der Waals surface area contributed by atoms with Crippen molar-refractivity contribution in [2.45, 2.75) is 56.1 Å². The van der Waals surface area contributed by atoms with Gasteiger partial charge in [-0.15, -0.1) is 10.2 Å². The second-order valence-electron chi connectivity index (χ2n) is 8.25. The van der Waals surface area contributed by atoms with Crippen LogP contribution in [0.1, 0.15) is 44.9 Å². The van der Waals surface area contributed by atoms with Crippen LogP contribution in [0, 0.1) is 5.92 Å². The van der Waals surface area contributed by atoms with E-state index in [1.54, 1.807) is 6.33 Å². The van der Waals surface area contributed by atoms with Gasteiger partial charge in [0.05, 0.1) is 11.4 Å². The minimum atomic E-state index is 0.0858. The summed E-state index contributed by atoms with van der Waals surface area (Å²) in [4.78, 5) is 27.1. The van der Waals surface area contributed by atoms with Gasteiger partial charge in [-0.05, 0) is 43.9 Å². The highest BCUT2D eigenvalue weighted by molar-refractivity contribution is 7.99. The lowest BCUT2D eigenvalue weighted by Gasteiger charge is -2.33. The summed E-state index contributed by atoms with van der Waals surface area (Å²) < 4.78 is 1.83. The largest absolute Gasteiger partial charge is 0.353 e. The Kier molecular flexibility index (Phi) is 7.50. The van der Waals surface area contributed by atoms with Crippen LogP contribution in [0.4, 0.5) is 0 Å². The van der Waals surface area contributed by atoms with Gasteiger partial charge in [0.1, 0.15) is 6.33 Å². The van der Waals surface area contributed by atoms with E-state index in [4.69, 9.17) is 11.6 Å². The molecule has 0 bridgehead atoms. The van der Waals surface area contributed by atoms with Gasteiger partial charge in [-0.3, -0.25) is 14.2 Å². The Morgan fingerprint density at radius 2 is 1.90 bits per heavy atom. The maximum absolute atomic E-state index is 12.7. The zero-order valence-corrected chi connectivity index (χ0v) is 19.1.